The van der Waals surface area contributed by atoms with Gasteiger partial charge in [0.05, 0.1) is 12.1 Å². The van der Waals surface area contributed by atoms with Gasteiger partial charge in [-0.2, -0.15) is 17.9 Å². The summed E-state index contributed by atoms with van der Waals surface area (Å²) in [7, 11) is 0. The first-order valence-electron chi connectivity index (χ1n) is 6.26. The molecule has 0 aliphatic heterocycles. The largest absolute Gasteiger partial charge is 0.490 e. The minimum atomic E-state index is -4.50. The standard InChI is InChI=1S/C12H10F3N5O3/c13-12(14,15)8-2-1-3-9(6-8)17-10(21)4-5-19-7-16-11(18-19)20(22)23/h1-3,6-7H,4-5H2,(H,17,21). The number of aryl methyl sites for hydroxylation is 1. The summed E-state index contributed by atoms with van der Waals surface area (Å²) >= 11 is 0. The Morgan fingerprint density at radius 2 is 2.13 bits per heavy atom. The molecule has 0 bridgehead atoms. The number of amides is 1. The molecule has 1 amide bonds. The van der Waals surface area contributed by atoms with Crippen LogP contribution in [-0.4, -0.2) is 25.6 Å². The molecule has 2 rings (SSSR count). The number of nitrogens with zero attached hydrogens (tertiary/aromatic N) is 4. The lowest BCUT2D eigenvalue weighted by atomic mass is 10.2. The van der Waals surface area contributed by atoms with Crippen molar-refractivity contribution >= 4 is 17.5 Å². The van der Waals surface area contributed by atoms with Crippen LogP contribution in [0.4, 0.5) is 24.8 Å². The van der Waals surface area contributed by atoms with Crippen molar-refractivity contribution in [2.24, 2.45) is 0 Å². The summed E-state index contributed by atoms with van der Waals surface area (Å²) in [5, 5.41) is 16.2. The number of benzene rings is 1. The third kappa shape index (κ3) is 4.49. The predicted molar refractivity (Wildman–Crippen MR) is 71.4 cm³/mol. The molecule has 0 saturated heterocycles. The molecule has 0 aliphatic carbocycles. The van der Waals surface area contributed by atoms with Crippen molar-refractivity contribution in [3.63, 3.8) is 0 Å². The van der Waals surface area contributed by atoms with Gasteiger partial charge in [-0.05, 0) is 23.1 Å². The van der Waals surface area contributed by atoms with E-state index in [1.165, 1.54) is 12.1 Å². The Labute approximate surface area is 127 Å². The number of rotatable bonds is 5. The van der Waals surface area contributed by atoms with Crippen LogP contribution in [0, 0.1) is 10.1 Å². The molecule has 1 N–H and O–H groups in total. The Bertz CT molecular complexity index is 729. The number of carbonyl (C=O) groups excluding carboxylic acids is 1. The fraction of sp³-hybridized carbons (Fsp3) is 0.250. The molecular formula is C12H10F3N5O3. The number of halogens is 3. The van der Waals surface area contributed by atoms with Gasteiger partial charge in [-0.15, -0.1) is 0 Å². The van der Waals surface area contributed by atoms with E-state index < -0.39 is 28.5 Å². The second kappa shape index (κ2) is 6.42. The van der Waals surface area contributed by atoms with Crippen LogP contribution in [0.15, 0.2) is 30.6 Å². The van der Waals surface area contributed by atoms with Crippen LogP contribution in [0.5, 0.6) is 0 Å². The molecule has 0 saturated carbocycles. The first kappa shape index (κ1) is 16.4. The Balaban J connectivity index is 1.93. The van der Waals surface area contributed by atoms with Gasteiger partial charge in [0.25, 0.3) is 0 Å². The molecular weight excluding hydrogens is 319 g/mol. The fourth-order valence-electron chi connectivity index (χ4n) is 1.69. The van der Waals surface area contributed by atoms with E-state index in [2.05, 4.69) is 15.4 Å². The number of nitro groups is 1. The Hall–Kier alpha value is -2.98. The van der Waals surface area contributed by atoms with Gasteiger partial charge in [0.1, 0.15) is 0 Å². The van der Waals surface area contributed by atoms with Gasteiger partial charge in [0, 0.05) is 17.2 Å². The summed E-state index contributed by atoms with van der Waals surface area (Å²) in [5.74, 6) is -1.15. The number of anilines is 1. The number of aromatic nitrogens is 3. The summed E-state index contributed by atoms with van der Waals surface area (Å²) in [6.45, 7) is 0.00559. The van der Waals surface area contributed by atoms with Gasteiger partial charge in [0.2, 0.25) is 12.2 Å². The third-order valence-electron chi connectivity index (χ3n) is 2.73. The molecule has 1 aromatic heterocycles. The van der Waals surface area contributed by atoms with Gasteiger partial charge in [0.15, 0.2) is 0 Å². The quantitative estimate of drug-likeness (QED) is 0.669. The van der Waals surface area contributed by atoms with E-state index in [1.54, 1.807) is 0 Å². The first-order chi connectivity index (χ1) is 10.8. The topological polar surface area (TPSA) is 103 Å². The SMILES string of the molecule is O=C(CCn1cnc([N+](=O)[O-])n1)Nc1cccc(C(F)(F)F)c1. The normalized spacial score (nSPS) is 11.3. The van der Waals surface area contributed by atoms with E-state index in [4.69, 9.17) is 0 Å². The second-order valence-corrected chi connectivity index (χ2v) is 4.44. The molecule has 1 heterocycles. The lowest BCUT2D eigenvalue weighted by Crippen LogP contribution is -2.15. The Morgan fingerprint density at radius 3 is 2.74 bits per heavy atom. The van der Waals surface area contributed by atoms with E-state index in [0.717, 1.165) is 23.1 Å². The molecule has 0 aliphatic rings. The Morgan fingerprint density at radius 1 is 1.39 bits per heavy atom. The molecule has 23 heavy (non-hydrogen) atoms. The summed E-state index contributed by atoms with van der Waals surface area (Å²) in [6, 6.07) is 4.22. The summed E-state index contributed by atoms with van der Waals surface area (Å²) in [4.78, 5) is 24.7. The van der Waals surface area contributed by atoms with Gasteiger partial charge in [-0.3, -0.25) is 4.79 Å². The van der Waals surface area contributed by atoms with Crippen molar-refractivity contribution in [3.05, 3.63) is 46.3 Å². The van der Waals surface area contributed by atoms with E-state index in [1.807, 2.05) is 0 Å². The number of alkyl halides is 3. The summed E-state index contributed by atoms with van der Waals surface area (Å²) < 4.78 is 38.8. The monoisotopic (exact) mass is 329 g/mol. The number of hydrogen-bond acceptors (Lipinski definition) is 5. The number of hydrogen-bond donors (Lipinski definition) is 1. The third-order valence-corrected chi connectivity index (χ3v) is 2.73. The number of carbonyl (C=O) groups is 1. The molecule has 1 aromatic carbocycles. The lowest BCUT2D eigenvalue weighted by molar-refractivity contribution is -0.394. The highest BCUT2D eigenvalue weighted by molar-refractivity contribution is 5.90. The minimum absolute atomic E-state index is 0.00559. The second-order valence-electron chi connectivity index (χ2n) is 4.44. The van der Waals surface area contributed by atoms with Crippen LogP contribution in [-0.2, 0) is 17.5 Å². The van der Waals surface area contributed by atoms with Crippen molar-refractivity contribution in [2.45, 2.75) is 19.1 Å². The molecule has 0 fully saturated rings. The van der Waals surface area contributed by atoms with E-state index >= 15 is 0 Å². The smallest absolute Gasteiger partial charge is 0.390 e. The van der Waals surface area contributed by atoms with E-state index in [0.29, 0.717) is 0 Å². The van der Waals surface area contributed by atoms with Crippen LogP contribution in [0.2, 0.25) is 0 Å². The van der Waals surface area contributed by atoms with Crippen LogP contribution < -0.4 is 5.32 Å². The molecule has 0 radical (unpaired) electrons. The van der Waals surface area contributed by atoms with Gasteiger partial charge < -0.3 is 15.4 Å². The van der Waals surface area contributed by atoms with E-state index in [-0.39, 0.29) is 18.7 Å². The maximum absolute atomic E-state index is 12.6. The van der Waals surface area contributed by atoms with Crippen LogP contribution in [0.3, 0.4) is 0 Å². The van der Waals surface area contributed by atoms with Gasteiger partial charge >= 0.3 is 12.1 Å². The lowest BCUT2D eigenvalue weighted by Gasteiger charge is -2.09. The zero-order chi connectivity index (χ0) is 17.0. The van der Waals surface area contributed by atoms with Gasteiger partial charge in [-0.25, -0.2) is 0 Å². The Kier molecular flexibility index (Phi) is 4.57. The molecule has 0 spiro atoms. The molecule has 0 atom stereocenters. The van der Waals surface area contributed by atoms with Crippen LogP contribution in [0.25, 0.3) is 0 Å². The molecule has 8 nitrogen and oxygen atoms in total. The number of nitrogens with one attached hydrogen (secondary N) is 1. The maximum atomic E-state index is 12.6. The first-order valence-corrected chi connectivity index (χ1v) is 6.26. The van der Waals surface area contributed by atoms with Crippen LogP contribution in [0.1, 0.15) is 12.0 Å². The zero-order valence-corrected chi connectivity index (χ0v) is 11.4. The van der Waals surface area contributed by atoms with Crippen molar-refractivity contribution in [3.8, 4) is 0 Å². The predicted octanol–water partition coefficient (Wildman–Crippen LogP) is 2.23. The van der Waals surface area contributed by atoms with Crippen LogP contribution >= 0.6 is 0 Å². The molecule has 0 unspecified atom stereocenters. The fourth-order valence-corrected chi connectivity index (χ4v) is 1.69. The zero-order valence-electron chi connectivity index (χ0n) is 11.4. The van der Waals surface area contributed by atoms with Crippen molar-refractivity contribution < 1.29 is 22.9 Å². The minimum Gasteiger partial charge on any atom is -0.390 e. The van der Waals surface area contributed by atoms with Gasteiger partial charge in [-0.1, -0.05) is 11.1 Å². The van der Waals surface area contributed by atoms with Crippen molar-refractivity contribution in [1.82, 2.24) is 14.8 Å². The highest BCUT2D eigenvalue weighted by Gasteiger charge is 2.30. The average Bonchev–Trinajstić information content (AvgIpc) is 2.94. The highest BCUT2D eigenvalue weighted by atomic mass is 19.4. The van der Waals surface area contributed by atoms with Crippen molar-refractivity contribution in [2.75, 3.05) is 5.32 Å². The molecule has 122 valence electrons. The van der Waals surface area contributed by atoms with Crippen molar-refractivity contribution in [1.29, 1.82) is 0 Å². The molecule has 2 aromatic rings. The van der Waals surface area contributed by atoms with E-state index in [9.17, 15) is 28.1 Å². The average molecular weight is 329 g/mol. The summed E-state index contributed by atoms with van der Waals surface area (Å²) in [5.41, 5.74) is -0.864. The molecule has 11 heteroatoms. The summed E-state index contributed by atoms with van der Waals surface area (Å²) in [6.07, 6.45) is -3.53. The highest BCUT2D eigenvalue weighted by Crippen LogP contribution is 2.30. The maximum Gasteiger partial charge on any atom is 0.490 e.